The fourth-order valence-corrected chi connectivity index (χ4v) is 3.79. The van der Waals surface area contributed by atoms with Crippen LogP contribution < -0.4 is 20.4 Å². The third kappa shape index (κ3) is 6.42. The molecular weight excluding hydrogens is 484 g/mol. The second kappa shape index (κ2) is 11.7. The average molecular weight is 508 g/mol. The van der Waals surface area contributed by atoms with Crippen LogP contribution in [0.2, 0.25) is 0 Å². The normalized spacial score (nSPS) is 15.6. The number of benzene rings is 2. The number of hydrogen-bond acceptors (Lipinski definition) is 7. The van der Waals surface area contributed by atoms with Crippen molar-refractivity contribution in [3.8, 4) is 0 Å². The molecule has 1 aliphatic rings. The molecular formula is C25H24N4O8. The zero-order chi connectivity index (χ0) is 27.1. The Hall–Kier alpha value is -4.87. The predicted molar refractivity (Wildman–Crippen MR) is 130 cm³/mol. The van der Waals surface area contributed by atoms with Gasteiger partial charge in [-0.1, -0.05) is 30.3 Å². The number of para-hydroxylation sites is 2. The van der Waals surface area contributed by atoms with Gasteiger partial charge in [-0.3, -0.25) is 33.7 Å². The lowest BCUT2D eigenvalue weighted by molar-refractivity contribution is -0.139. The molecule has 4 amide bonds. The van der Waals surface area contributed by atoms with E-state index in [1.54, 1.807) is 30.3 Å². The van der Waals surface area contributed by atoms with Crippen molar-refractivity contribution in [1.29, 1.82) is 0 Å². The zero-order valence-electron chi connectivity index (χ0n) is 19.7. The van der Waals surface area contributed by atoms with Gasteiger partial charge < -0.3 is 25.4 Å². The number of carboxylic acid groups (broad SMARTS) is 1. The highest BCUT2D eigenvalue weighted by Gasteiger charge is 2.38. The monoisotopic (exact) mass is 508 g/mol. The van der Waals surface area contributed by atoms with Crippen molar-refractivity contribution in [3.05, 3.63) is 60.2 Å². The van der Waals surface area contributed by atoms with Gasteiger partial charge in [0.2, 0.25) is 11.7 Å². The molecule has 2 aromatic carbocycles. The van der Waals surface area contributed by atoms with Crippen LogP contribution >= 0.6 is 0 Å². The smallest absolute Gasteiger partial charge is 0.305 e. The van der Waals surface area contributed by atoms with Crippen molar-refractivity contribution in [3.63, 3.8) is 0 Å². The Balaban J connectivity index is 1.99. The number of Topliss-reactive ketones (excluding diaryl/α,β-unsaturated/α-hetero) is 1. The van der Waals surface area contributed by atoms with E-state index in [4.69, 9.17) is 5.11 Å². The summed E-state index contributed by atoms with van der Waals surface area (Å²) in [5.74, 6) is -5.26. The fourth-order valence-electron chi connectivity index (χ4n) is 3.79. The van der Waals surface area contributed by atoms with Crippen LogP contribution in [-0.4, -0.2) is 71.9 Å². The maximum atomic E-state index is 13.6. The van der Waals surface area contributed by atoms with Gasteiger partial charge in [0.25, 0.3) is 17.7 Å². The van der Waals surface area contributed by atoms with Crippen molar-refractivity contribution in [1.82, 2.24) is 10.6 Å². The van der Waals surface area contributed by atoms with Crippen molar-refractivity contribution < 1.29 is 38.7 Å². The van der Waals surface area contributed by atoms with E-state index in [0.717, 1.165) is 16.7 Å². The molecule has 3 rings (SSSR count). The van der Waals surface area contributed by atoms with Crippen LogP contribution in [0.5, 0.6) is 0 Å². The number of carboxylic acids is 1. The van der Waals surface area contributed by atoms with Crippen molar-refractivity contribution in [2.45, 2.75) is 25.4 Å². The summed E-state index contributed by atoms with van der Waals surface area (Å²) in [5, 5.41) is 13.7. The highest BCUT2D eigenvalue weighted by atomic mass is 16.4. The van der Waals surface area contributed by atoms with Crippen molar-refractivity contribution in [2.24, 2.45) is 0 Å². The Morgan fingerprint density at radius 3 is 2.24 bits per heavy atom. The number of aliphatic carboxylic acids is 1. The SMILES string of the molecule is CC(=O)C(=O)N1C[C@H](NC(=O)c2ccccc2)C(=O)N(CC(=O)N[C@H](C=O)CC(=O)O)c2ccccc21. The molecule has 0 spiro atoms. The summed E-state index contributed by atoms with van der Waals surface area (Å²) in [6, 6.07) is 11.4. The van der Waals surface area contributed by atoms with E-state index in [1.807, 2.05) is 0 Å². The van der Waals surface area contributed by atoms with Crippen molar-refractivity contribution in [2.75, 3.05) is 22.9 Å². The summed E-state index contributed by atoms with van der Waals surface area (Å²) >= 11 is 0. The van der Waals surface area contributed by atoms with Gasteiger partial charge in [0.15, 0.2) is 0 Å². The van der Waals surface area contributed by atoms with Crippen molar-refractivity contribution >= 4 is 53.0 Å². The maximum Gasteiger partial charge on any atom is 0.305 e. The first kappa shape index (κ1) is 26.7. The van der Waals surface area contributed by atoms with E-state index in [-0.39, 0.29) is 29.8 Å². The Bertz CT molecular complexity index is 1250. The summed E-state index contributed by atoms with van der Waals surface area (Å²) in [7, 11) is 0. The molecule has 0 saturated carbocycles. The van der Waals surface area contributed by atoms with E-state index >= 15 is 0 Å². The molecule has 192 valence electrons. The maximum absolute atomic E-state index is 13.6. The van der Waals surface area contributed by atoms with Gasteiger partial charge in [-0.25, -0.2) is 0 Å². The van der Waals surface area contributed by atoms with E-state index in [2.05, 4.69) is 10.6 Å². The molecule has 12 nitrogen and oxygen atoms in total. The Labute approximate surface area is 211 Å². The van der Waals surface area contributed by atoms with Crippen LogP contribution in [0, 0.1) is 0 Å². The summed E-state index contributed by atoms with van der Waals surface area (Å²) in [6.45, 7) is 0.0307. The lowest BCUT2D eigenvalue weighted by Gasteiger charge is -2.25. The molecule has 2 aromatic rings. The Kier molecular flexibility index (Phi) is 8.46. The van der Waals surface area contributed by atoms with Gasteiger partial charge in [0.05, 0.1) is 30.4 Å². The number of amides is 4. The fraction of sp³-hybridized carbons (Fsp3) is 0.240. The molecule has 2 atom stereocenters. The van der Waals surface area contributed by atoms with E-state index in [1.165, 1.54) is 24.3 Å². The van der Waals surface area contributed by atoms with Crippen LogP contribution in [-0.2, 0) is 28.8 Å². The topological polar surface area (TPSA) is 170 Å². The van der Waals surface area contributed by atoms with E-state index < -0.39 is 60.4 Å². The number of ketones is 1. The Morgan fingerprint density at radius 2 is 1.65 bits per heavy atom. The van der Waals surface area contributed by atoms with Crippen LogP contribution in [0.1, 0.15) is 23.7 Å². The highest BCUT2D eigenvalue weighted by Crippen LogP contribution is 2.33. The number of carbonyl (C=O) groups excluding carboxylic acids is 6. The Morgan fingerprint density at radius 1 is 1.03 bits per heavy atom. The molecule has 0 aromatic heterocycles. The first-order chi connectivity index (χ1) is 17.6. The molecule has 3 N–H and O–H groups in total. The third-order valence-electron chi connectivity index (χ3n) is 5.49. The lowest BCUT2D eigenvalue weighted by atomic mass is 10.1. The minimum atomic E-state index is -1.35. The molecule has 0 fully saturated rings. The van der Waals surface area contributed by atoms with Gasteiger partial charge in [0, 0.05) is 12.5 Å². The van der Waals surface area contributed by atoms with Gasteiger partial charge >= 0.3 is 5.97 Å². The predicted octanol–water partition coefficient (Wildman–Crippen LogP) is -0.0878. The third-order valence-corrected chi connectivity index (χ3v) is 5.49. The number of rotatable bonds is 9. The van der Waals surface area contributed by atoms with E-state index in [0.29, 0.717) is 0 Å². The molecule has 0 unspecified atom stereocenters. The molecule has 0 bridgehead atoms. The molecule has 1 heterocycles. The molecule has 0 saturated heterocycles. The minimum absolute atomic E-state index is 0.106. The molecule has 0 aliphatic carbocycles. The standard InChI is InChI=1S/C25H24N4O8/c1-15(31)24(36)28-12-18(27-23(35)16-7-3-2-4-8-16)25(37)29(20-10-6-5-9-19(20)28)13-21(32)26-17(14-30)11-22(33)34/h2-10,14,17-18H,11-13H2,1H3,(H,26,32)(H,27,35)(H,33,34)/t17-,18-/m0/s1. The zero-order valence-corrected chi connectivity index (χ0v) is 19.7. The van der Waals surface area contributed by atoms with Gasteiger partial charge in [-0.2, -0.15) is 0 Å². The molecule has 0 radical (unpaired) electrons. The minimum Gasteiger partial charge on any atom is -0.481 e. The summed E-state index contributed by atoms with van der Waals surface area (Å²) in [6.07, 6.45) is -0.392. The first-order valence-electron chi connectivity index (χ1n) is 11.2. The lowest BCUT2D eigenvalue weighted by Crippen LogP contribution is -2.55. The number of hydrogen-bond donors (Lipinski definition) is 3. The van der Waals surface area contributed by atoms with Gasteiger partial charge in [-0.15, -0.1) is 0 Å². The second-order valence-electron chi connectivity index (χ2n) is 8.19. The van der Waals surface area contributed by atoms with E-state index in [9.17, 15) is 33.6 Å². The number of nitrogens with zero attached hydrogens (tertiary/aromatic N) is 2. The van der Waals surface area contributed by atoms with Crippen LogP contribution in [0.3, 0.4) is 0 Å². The number of carbonyl (C=O) groups is 7. The number of nitrogens with one attached hydrogen (secondary N) is 2. The van der Waals surface area contributed by atoms with Gasteiger partial charge in [0.1, 0.15) is 18.9 Å². The summed E-state index contributed by atoms with van der Waals surface area (Å²) in [5.41, 5.74) is 0.501. The van der Waals surface area contributed by atoms with Crippen LogP contribution in [0.15, 0.2) is 54.6 Å². The number of aldehydes is 1. The summed E-state index contributed by atoms with van der Waals surface area (Å²) < 4.78 is 0. The molecule has 37 heavy (non-hydrogen) atoms. The van der Waals surface area contributed by atoms with Crippen LogP contribution in [0.4, 0.5) is 11.4 Å². The first-order valence-corrected chi connectivity index (χ1v) is 11.2. The van der Waals surface area contributed by atoms with Gasteiger partial charge in [-0.05, 0) is 24.3 Å². The van der Waals surface area contributed by atoms with Crippen LogP contribution in [0.25, 0.3) is 0 Å². The second-order valence-corrected chi connectivity index (χ2v) is 8.19. The quantitative estimate of drug-likeness (QED) is 0.312. The number of anilines is 2. The average Bonchev–Trinajstić information content (AvgIpc) is 2.98. The highest BCUT2D eigenvalue weighted by molar-refractivity contribution is 6.41. The molecule has 12 heteroatoms. The molecule has 1 aliphatic heterocycles. The largest absolute Gasteiger partial charge is 0.481 e. The summed E-state index contributed by atoms with van der Waals surface area (Å²) in [4.78, 5) is 88.2. The number of fused-ring (bicyclic) bond motifs is 1.